The maximum absolute atomic E-state index is 13.9. The molecule has 2 heterocycles. The molecule has 4 aromatic rings. The van der Waals surface area contributed by atoms with Gasteiger partial charge in [0.2, 0.25) is 0 Å². The summed E-state index contributed by atoms with van der Waals surface area (Å²) in [6, 6.07) is 17.7. The zero-order valence-corrected chi connectivity index (χ0v) is 22.7. The van der Waals surface area contributed by atoms with Gasteiger partial charge in [0.05, 0.1) is 6.07 Å². The molecule has 0 aliphatic rings. The van der Waals surface area contributed by atoms with Gasteiger partial charge in [0.25, 0.3) is 5.56 Å². The second kappa shape index (κ2) is 11.8. The topological polar surface area (TPSA) is 120 Å². The highest BCUT2D eigenvalue weighted by molar-refractivity contribution is 6.07. The minimum Gasteiger partial charge on any atom is -0.508 e. The monoisotopic (exact) mass is 523 g/mol. The lowest BCUT2D eigenvalue weighted by Crippen LogP contribution is -2.30. The van der Waals surface area contributed by atoms with Gasteiger partial charge in [-0.25, -0.2) is 9.78 Å². The number of aryl methyl sites for hydroxylation is 1. The number of pyridine rings is 2. The molecule has 8 nitrogen and oxygen atoms in total. The van der Waals surface area contributed by atoms with Gasteiger partial charge in [-0.15, -0.1) is 0 Å². The van der Waals surface area contributed by atoms with Crippen LogP contribution in [0.15, 0.2) is 65.6 Å². The summed E-state index contributed by atoms with van der Waals surface area (Å²) in [5.74, 6) is 0.377. The standard InChI is InChI=1S/C31H33N5O3/c1-19(2)23-12-8-13-24(20(3)4)27(23)34-31(39)35-28-26(21-10-7-11-22(37)18-21)25-14-9-16-33-29(25)36(30(28)38)17-6-5-15-32/h7-14,16,18-20,37H,5-6,17H2,1-4H3,(H2,34,35,39). The third kappa shape index (κ3) is 5.78. The van der Waals surface area contributed by atoms with Crippen molar-refractivity contribution < 1.29 is 9.90 Å². The van der Waals surface area contributed by atoms with Gasteiger partial charge >= 0.3 is 6.03 Å². The van der Waals surface area contributed by atoms with Crippen molar-refractivity contribution in [3.8, 4) is 22.9 Å². The molecule has 0 unspecified atom stereocenters. The molecule has 4 rings (SSSR count). The first-order valence-corrected chi connectivity index (χ1v) is 13.1. The highest BCUT2D eigenvalue weighted by Crippen LogP contribution is 2.36. The summed E-state index contributed by atoms with van der Waals surface area (Å²) in [5, 5.41) is 25.8. The number of nitriles is 1. The number of fused-ring (bicyclic) bond motifs is 1. The fraction of sp³-hybridized carbons (Fsp3) is 0.290. The molecule has 39 heavy (non-hydrogen) atoms. The van der Waals surface area contributed by atoms with E-state index in [1.165, 1.54) is 4.57 Å². The van der Waals surface area contributed by atoms with Gasteiger partial charge in [0, 0.05) is 35.8 Å². The minimum absolute atomic E-state index is 0.0329. The fourth-order valence-electron chi connectivity index (χ4n) is 4.83. The lowest BCUT2D eigenvalue weighted by Gasteiger charge is -2.21. The summed E-state index contributed by atoms with van der Waals surface area (Å²) >= 11 is 0. The van der Waals surface area contributed by atoms with Crippen LogP contribution < -0.4 is 16.2 Å². The second-order valence-electron chi connectivity index (χ2n) is 10.1. The second-order valence-corrected chi connectivity index (χ2v) is 10.1. The van der Waals surface area contributed by atoms with Crippen LogP contribution in [-0.2, 0) is 6.54 Å². The number of unbranched alkanes of at least 4 members (excludes halogenated alkanes) is 1. The molecular formula is C31H33N5O3. The highest BCUT2D eigenvalue weighted by Gasteiger charge is 2.22. The Kier molecular flexibility index (Phi) is 8.30. The van der Waals surface area contributed by atoms with Gasteiger partial charge in [-0.05, 0) is 59.2 Å². The highest BCUT2D eigenvalue weighted by atomic mass is 16.3. The van der Waals surface area contributed by atoms with Gasteiger partial charge < -0.3 is 15.7 Å². The molecule has 0 aliphatic carbocycles. The van der Waals surface area contributed by atoms with Crippen LogP contribution in [0.2, 0.25) is 0 Å². The third-order valence-corrected chi connectivity index (χ3v) is 6.68. The van der Waals surface area contributed by atoms with Crippen molar-refractivity contribution in [2.75, 3.05) is 10.6 Å². The Labute approximate surface area is 228 Å². The summed E-state index contributed by atoms with van der Waals surface area (Å²) in [7, 11) is 0. The van der Waals surface area contributed by atoms with Crippen LogP contribution in [0.4, 0.5) is 16.2 Å². The summed E-state index contributed by atoms with van der Waals surface area (Å²) < 4.78 is 1.50. The predicted molar refractivity (Wildman–Crippen MR) is 155 cm³/mol. The Morgan fingerprint density at radius 3 is 2.31 bits per heavy atom. The first kappa shape index (κ1) is 27.4. The molecule has 0 atom stereocenters. The summed E-state index contributed by atoms with van der Waals surface area (Å²) in [4.78, 5) is 32.0. The molecule has 0 radical (unpaired) electrons. The van der Waals surface area contributed by atoms with Gasteiger partial charge in [-0.3, -0.25) is 9.36 Å². The van der Waals surface area contributed by atoms with Gasteiger partial charge in [-0.1, -0.05) is 58.0 Å². The van der Waals surface area contributed by atoms with Crippen LogP contribution in [0.1, 0.15) is 63.5 Å². The molecular weight excluding hydrogens is 490 g/mol. The summed E-state index contributed by atoms with van der Waals surface area (Å²) in [6.07, 6.45) is 2.34. The van der Waals surface area contributed by atoms with E-state index in [0.717, 1.165) is 16.8 Å². The van der Waals surface area contributed by atoms with E-state index in [1.807, 2.05) is 24.3 Å². The zero-order chi connectivity index (χ0) is 28.1. The molecule has 2 aromatic heterocycles. The predicted octanol–water partition coefficient (Wildman–Crippen LogP) is 6.96. The first-order chi connectivity index (χ1) is 18.7. The molecule has 0 saturated carbocycles. The fourth-order valence-corrected chi connectivity index (χ4v) is 4.83. The molecule has 0 bridgehead atoms. The average Bonchev–Trinajstić information content (AvgIpc) is 2.90. The number of nitrogens with zero attached hydrogens (tertiary/aromatic N) is 3. The van der Waals surface area contributed by atoms with Gasteiger partial charge in [0.1, 0.15) is 17.1 Å². The number of benzene rings is 2. The van der Waals surface area contributed by atoms with Gasteiger partial charge in [0.15, 0.2) is 0 Å². The quantitative estimate of drug-likeness (QED) is 0.216. The van der Waals surface area contributed by atoms with Crippen molar-refractivity contribution in [2.45, 2.75) is 58.9 Å². The number of hydrogen-bond acceptors (Lipinski definition) is 5. The normalized spacial score (nSPS) is 11.1. The number of rotatable bonds is 8. The number of anilines is 2. The van der Waals surface area contributed by atoms with E-state index in [0.29, 0.717) is 28.6 Å². The number of para-hydroxylation sites is 1. The Hall–Kier alpha value is -4.64. The molecule has 0 spiro atoms. The molecule has 0 saturated heterocycles. The molecule has 3 N–H and O–H groups in total. The van der Waals surface area contributed by atoms with Crippen LogP contribution in [0, 0.1) is 11.3 Å². The molecule has 0 fully saturated rings. The van der Waals surface area contributed by atoms with E-state index in [-0.39, 0.29) is 36.2 Å². The molecule has 0 aliphatic heterocycles. The van der Waals surface area contributed by atoms with E-state index in [4.69, 9.17) is 5.26 Å². The number of amides is 2. The van der Waals surface area contributed by atoms with Crippen molar-refractivity contribution in [1.82, 2.24) is 9.55 Å². The molecule has 200 valence electrons. The largest absolute Gasteiger partial charge is 0.508 e. The van der Waals surface area contributed by atoms with Crippen molar-refractivity contribution >= 4 is 28.4 Å². The maximum Gasteiger partial charge on any atom is 0.323 e. The van der Waals surface area contributed by atoms with E-state index in [9.17, 15) is 14.7 Å². The van der Waals surface area contributed by atoms with Crippen LogP contribution in [0.5, 0.6) is 5.75 Å². The molecule has 2 aromatic carbocycles. The number of phenols is 1. The van der Waals surface area contributed by atoms with E-state index in [2.05, 4.69) is 49.4 Å². The Morgan fingerprint density at radius 1 is 1.00 bits per heavy atom. The van der Waals surface area contributed by atoms with E-state index >= 15 is 0 Å². The van der Waals surface area contributed by atoms with Crippen molar-refractivity contribution in [2.24, 2.45) is 0 Å². The Morgan fingerprint density at radius 2 is 1.67 bits per heavy atom. The number of carbonyl (C=O) groups excluding carboxylic acids is 1. The number of aromatic nitrogens is 2. The number of phenolic OH excluding ortho intramolecular Hbond substituents is 1. The van der Waals surface area contributed by atoms with Crippen LogP contribution in [-0.4, -0.2) is 20.7 Å². The Balaban J connectivity index is 1.89. The zero-order valence-electron chi connectivity index (χ0n) is 22.7. The SMILES string of the molecule is CC(C)c1cccc(C(C)C)c1NC(=O)Nc1c(-c2cccc(O)c2)c2cccnc2n(CCCC#N)c1=O. The maximum atomic E-state index is 13.9. The lowest BCUT2D eigenvalue weighted by atomic mass is 9.93. The number of urea groups is 1. The van der Waals surface area contributed by atoms with Crippen molar-refractivity contribution in [3.05, 3.63) is 82.3 Å². The third-order valence-electron chi connectivity index (χ3n) is 6.68. The first-order valence-electron chi connectivity index (χ1n) is 13.1. The number of aromatic hydroxyl groups is 1. The van der Waals surface area contributed by atoms with Crippen LogP contribution in [0.3, 0.4) is 0 Å². The number of nitrogens with one attached hydrogen (secondary N) is 2. The lowest BCUT2D eigenvalue weighted by molar-refractivity contribution is 0.262. The minimum atomic E-state index is -0.546. The number of hydrogen-bond donors (Lipinski definition) is 3. The van der Waals surface area contributed by atoms with Crippen LogP contribution >= 0.6 is 0 Å². The molecule has 8 heteroatoms. The summed E-state index contributed by atoms with van der Waals surface area (Å²) in [5.41, 5.74) is 3.84. The van der Waals surface area contributed by atoms with E-state index < -0.39 is 11.6 Å². The average molecular weight is 524 g/mol. The van der Waals surface area contributed by atoms with Crippen molar-refractivity contribution in [1.29, 1.82) is 5.26 Å². The van der Waals surface area contributed by atoms with Crippen molar-refractivity contribution in [3.63, 3.8) is 0 Å². The van der Waals surface area contributed by atoms with Crippen LogP contribution in [0.25, 0.3) is 22.2 Å². The van der Waals surface area contributed by atoms with E-state index in [1.54, 1.807) is 36.5 Å². The molecule has 2 amide bonds. The smallest absolute Gasteiger partial charge is 0.323 e. The number of carbonyl (C=O) groups is 1. The summed E-state index contributed by atoms with van der Waals surface area (Å²) in [6.45, 7) is 8.54. The van der Waals surface area contributed by atoms with Gasteiger partial charge in [-0.2, -0.15) is 5.26 Å². The Bertz CT molecular complexity index is 1590.